The van der Waals surface area contributed by atoms with E-state index in [1.54, 1.807) is 12.1 Å². The van der Waals surface area contributed by atoms with Crippen LogP contribution in [0.2, 0.25) is 0 Å². The van der Waals surface area contributed by atoms with Crippen molar-refractivity contribution in [2.45, 2.75) is 18.0 Å². The van der Waals surface area contributed by atoms with Gasteiger partial charge in [0.25, 0.3) is 0 Å². The maximum absolute atomic E-state index is 12.2. The topological polar surface area (TPSA) is 83.6 Å². The molecule has 0 radical (unpaired) electrons. The van der Waals surface area contributed by atoms with Crippen molar-refractivity contribution >= 4 is 23.4 Å². The molecule has 0 fully saturated rings. The second kappa shape index (κ2) is 9.01. The highest BCUT2D eigenvalue weighted by Gasteiger charge is 2.12. The van der Waals surface area contributed by atoms with Gasteiger partial charge in [-0.25, -0.2) is 0 Å². The fraction of sp³-hybridized carbons (Fsp3) is 0.200. The number of anilines is 1. The lowest BCUT2D eigenvalue weighted by Crippen LogP contribution is -2.14. The molecule has 2 aromatic carbocycles. The summed E-state index contributed by atoms with van der Waals surface area (Å²) >= 11 is 1.35. The van der Waals surface area contributed by atoms with Crippen molar-refractivity contribution in [2.24, 2.45) is 7.05 Å². The Hall–Kier alpha value is -3.11. The number of carbonyl (C=O) groups is 1. The predicted molar refractivity (Wildman–Crippen MR) is 105 cm³/mol. The molecule has 3 rings (SSSR count). The summed E-state index contributed by atoms with van der Waals surface area (Å²) in [6.07, 6.45) is 1.06. The van der Waals surface area contributed by atoms with Crippen LogP contribution in [0.15, 0.2) is 59.8 Å². The van der Waals surface area contributed by atoms with Crippen LogP contribution in [0.4, 0.5) is 5.69 Å². The molecule has 0 unspecified atom stereocenters. The Balaban J connectivity index is 1.54. The Kier molecular flexibility index (Phi) is 6.23. The fourth-order valence-electron chi connectivity index (χ4n) is 2.53. The Labute approximate surface area is 162 Å². The van der Waals surface area contributed by atoms with Crippen LogP contribution in [0, 0.1) is 11.3 Å². The van der Waals surface area contributed by atoms with Crippen LogP contribution in [-0.4, -0.2) is 26.4 Å². The molecule has 0 spiro atoms. The van der Waals surface area contributed by atoms with Gasteiger partial charge in [-0.3, -0.25) is 4.79 Å². The fourth-order valence-corrected chi connectivity index (χ4v) is 3.26. The summed E-state index contributed by atoms with van der Waals surface area (Å²) in [5.41, 5.74) is 2.81. The number of nitrogens with zero attached hydrogens (tertiary/aromatic N) is 4. The SMILES string of the molecule is Cn1c(Cc2ccccc2)nnc1SCC(=O)Nc1ccc(CC#N)cc1. The van der Waals surface area contributed by atoms with Crippen LogP contribution >= 0.6 is 11.8 Å². The number of carbonyl (C=O) groups excluding carboxylic acids is 1. The highest BCUT2D eigenvalue weighted by molar-refractivity contribution is 7.99. The van der Waals surface area contributed by atoms with Crippen LogP contribution in [-0.2, 0) is 24.7 Å². The lowest BCUT2D eigenvalue weighted by molar-refractivity contribution is -0.113. The molecule has 3 aromatic rings. The van der Waals surface area contributed by atoms with E-state index in [2.05, 4.69) is 33.7 Å². The molecule has 0 saturated heterocycles. The number of hydrogen-bond donors (Lipinski definition) is 1. The van der Waals surface area contributed by atoms with E-state index in [-0.39, 0.29) is 11.7 Å². The summed E-state index contributed by atoms with van der Waals surface area (Å²) in [5.74, 6) is 0.995. The molecule has 0 atom stereocenters. The molecule has 0 aliphatic rings. The van der Waals surface area contributed by atoms with Gasteiger partial charge in [0.2, 0.25) is 5.91 Å². The first-order valence-electron chi connectivity index (χ1n) is 8.46. The number of thioether (sulfide) groups is 1. The quantitative estimate of drug-likeness (QED) is 0.639. The van der Waals surface area contributed by atoms with E-state index in [1.165, 1.54) is 17.3 Å². The molecule has 1 heterocycles. The van der Waals surface area contributed by atoms with Crippen LogP contribution in [0.3, 0.4) is 0 Å². The third kappa shape index (κ3) is 5.19. The lowest BCUT2D eigenvalue weighted by Gasteiger charge is -2.06. The second-order valence-electron chi connectivity index (χ2n) is 5.99. The number of amides is 1. The molecule has 0 saturated carbocycles. The maximum Gasteiger partial charge on any atom is 0.234 e. The van der Waals surface area contributed by atoms with Crippen molar-refractivity contribution in [3.05, 3.63) is 71.5 Å². The average molecular weight is 377 g/mol. The first kappa shape index (κ1) is 18.7. The van der Waals surface area contributed by atoms with Crippen molar-refractivity contribution in [3.63, 3.8) is 0 Å². The molecule has 27 heavy (non-hydrogen) atoms. The molecule has 7 heteroatoms. The first-order valence-corrected chi connectivity index (χ1v) is 9.45. The minimum absolute atomic E-state index is 0.111. The van der Waals surface area contributed by atoms with Crippen LogP contribution in [0.5, 0.6) is 0 Å². The molecule has 1 aromatic heterocycles. The van der Waals surface area contributed by atoms with Crippen LogP contribution in [0.25, 0.3) is 0 Å². The Morgan fingerprint density at radius 1 is 1.11 bits per heavy atom. The van der Waals surface area contributed by atoms with Gasteiger partial charge in [0.15, 0.2) is 5.16 Å². The monoisotopic (exact) mass is 377 g/mol. The normalized spacial score (nSPS) is 10.4. The molecule has 0 aliphatic heterocycles. The Morgan fingerprint density at radius 3 is 2.56 bits per heavy atom. The summed E-state index contributed by atoms with van der Waals surface area (Å²) in [7, 11) is 1.91. The van der Waals surface area contributed by atoms with E-state index in [0.717, 1.165) is 11.4 Å². The van der Waals surface area contributed by atoms with Crippen molar-refractivity contribution in [3.8, 4) is 6.07 Å². The highest BCUT2D eigenvalue weighted by atomic mass is 32.2. The molecule has 0 aliphatic carbocycles. The molecular formula is C20H19N5OS. The summed E-state index contributed by atoms with van der Waals surface area (Å²) in [6.45, 7) is 0. The zero-order valence-corrected chi connectivity index (χ0v) is 15.7. The largest absolute Gasteiger partial charge is 0.325 e. The van der Waals surface area contributed by atoms with Gasteiger partial charge >= 0.3 is 0 Å². The maximum atomic E-state index is 12.2. The third-order valence-corrected chi connectivity index (χ3v) is 5.00. The van der Waals surface area contributed by atoms with Gasteiger partial charge in [-0.1, -0.05) is 54.2 Å². The molecule has 6 nitrogen and oxygen atoms in total. The van der Waals surface area contributed by atoms with Crippen LogP contribution in [0.1, 0.15) is 17.0 Å². The van der Waals surface area contributed by atoms with Gasteiger partial charge in [0.1, 0.15) is 5.82 Å². The Bertz CT molecular complexity index is 945. The van der Waals surface area contributed by atoms with Crippen molar-refractivity contribution < 1.29 is 4.79 Å². The first-order chi connectivity index (χ1) is 13.2. The van der Waals surface area contributed by atoms with Crippen molar-refractivity contribution in [1.82, 2.24) is 14.8 Å². The number of nitrogens with one attached hydrogen (secondary N) is 1. The van der Waals surface area contributed by atoms with Crippen molar-refractivity contribution in [1.29, 1.82) is 5.26 Å². The van der Waals surface area contributed by atoms with Gasteiger partial charge in [-0.2, -0.15) is 5.26 Å². The molecule has 136 valence electrons. The van der Waals surface area contributed by atoms with Crippen molar-refractivity contribution in [2.75, 3.05) is 11.1 Å². The second-order valence-corrected chi connectivity index (χ2v) is 6.93. The summed E-state index contributed by atoms with van der Waals surface area (Å²) < 4.78 is 1.92. The average Bonchev–Trinajstić information content (AvgIpc) is 3.02. The lowest BCUT2D eigenvalue weighted by atomic mass is 10.1. The number of aromatic nitrogens is 3. The minimum Gasteiger partial charge on any atom is -0.325 e. The molecular weight excluding hydrogens is 358 g/mol. The molecule has 1 N–H and O–H groups in total. The van der Waals surface area contributed by atoms with Gasteiger partial charge < -0.3 is 9.88 Å². The van der Waals surface area contributed by atoms with E-state index in [9.17, 15) is 4.79 Å². The van der Waals surface area contributed by atoms with E-state index in [0.29, 0.717) is 23.7 Å². The van der Waals surface area contributed by atoms with E-state index in [1.807, 2.05) is 41.9 Å². The summed E-state index contributed by atoms with van der Waals surface area (Å²) in [6, 6.07) is 19.5. The molecule has 1 amide bonds. The summed E-state index contributed by atoms with van der Waals surface area (Å²) in [5, 5.41) is 20.7. The van der Waals surface area contributed by atoms with E-state index < -0.39 is 0 Å². The minimum atomic E-state index is -0.111. The van der Waals surface area contributed by atoms with Gasteiger partial charge in [0, 0.05) is 19.2 Å². The predicted octanol–water partition coefficient (Wildman–Crippen LogP) is 3.20. The number of hydrogen-bond acceptors (Lipinski definition) is 5. The van der Waals surface area contributed by atoms with Gasteiger partial charge in [-0.05, 0) is 23.3 Å². The number of rotatable bonds is 7. The standard InChI is InChI=1S/C20H19N5OS/c1-25-18(13-16-5-3-2-4-6-16)23-24-20(25)27-14-19(26)22-17-9-7-15(8-10-17)11-12-21/h2-10H,11,13-14H2,1H3,(H,22,26). The van der Waals surface area contributed by atoms with Gasteiger partial charge in [-0.15, -0.1) is 10.2 Å². The zero-order valence-electron chi connectivity index (χ0n) is 14.9. The zero-order chi connectivity index (χ0) is 19.1. The van der Waals surface area contributed by atoms with Gasteiger partial charge in [0.05, 0.1) is 18.2 Å². The van der Waals surface area contributed by atoms with E-state index in [4.69, 9.17) is 5.26 Å². The molecule has 0 bridgehead atoms. The Morgan fingerprint density at radius 2 is 1.85 bits per heavy atom. The number of nitriles is 1. The highest BCUT2D eigenvalue weighted by Crippen LogP contribution is 2.18. The third-order valence-electron chi connectivity index (χ3n) is 3.98. The van der Waals surface area contributed by atoms with E-state index >= 15 is 0 Å². The number of benzene rings is 2. The summed E-state index contributed by atoms with van der Waals surface area (Å²) in [4.78, 5) is 12.2. The van der Waals surface area contributed by atoms with Crippen LogP contribution < -0.4 is 5.32 Å². The smallest absolute Gasteiger partial charge is 0.234 e.